The number of nitrogens with zero attached hydrogens (tertiary/aromatic N) is 3. The maximum atomic E-state index is 5.84. The molecule has 1 aromatic carbocycles. The number of para-hydroxylation sites is 2. The Morgan fingerprint density at radius 1 is 1.09 bits per heavy atom. The average Bonchev–Trinajstić information content (AvgIpc) is 2.59. The number of halogens is 1. The molecule has 1 aliphatic heterocycles. The van der Waals surface area contributed by atoms with Gasteiger partial charge in [-0.3, -0.25) is 4.90 Å². The van der Waals surface area contributed by atoms with Crippen LogP contribution in [0.2, 0.25) is 5.15 Å². The maximum absolute atomic E-state index is 5.84. The third-order valence-electron chi connectivity index (χ3n) is 4.07. The highest BCUT2D eigenvalue weighted by atomic mass is 35.5. The number of aromatic nitrogens is 1. The van der Waals surface area contributed by atoms with Gasteiger partial charge in [0.05, 0.1) is 12.3 Å². The van der Waals surface area contributed by atoms with Crippen LogP contribution in [0.5, 0.6) is 5.75 Å². The van der Waals surface area contributed by atoms with Gasteiger partial charge in [-0.2, -0.15) is 0 Å². The third kappa shape index (κ3) is 4.15. The Hall–Kier alpha value is -1.78. The molecule has 0 aliphatic carbocycles. The zero-order chi connectivity index (χ0) is 16.1. The molecule has 0 spiro atoms. The minimum atomic E-state index is 0.547. The summed E-state index contributed by atoms with van der Waals surface area (Å²) in [5.74, 6) is 0.977. The number of piperazine rings is 1. The summed E-state index contributed by atoms with van der Waals surface area (Å²) in [6, 6.07) is 12.2. The van der Waals surface area contributed by atoms with E-state index >= 15 is 0 Å². The van der Waals surface area contributed by atoms with Gasteiger partial charge in [0.2, 0.25) is 0 Å². The van der Waals surface area contributed by atoms with Crippen molar-refractivity contribution in [3.63, 3.8) is 0 Å². The van der Waals surface area contributed by atoms with Crippen molar-refractivity contribution < 1.29 is 4.74 Å². The third-order valence-corrected chi connectivity index (χ3v) is 4.30. The molecule has 122 valence electrons. The van der Waals surface area contributed by atoms with E-state index in [9.17, 15) is 0 Å². The van der Waals surface area contributed by atoms with Gasteiger partial charge in [0.15, 0.2) is 0 Å². The number of anilines is 1. The Morgan fingerprint density at radius 2 is 1.87 bits per heavy atom. The molecule has 0 bridgehead atoms. The van der Waals surface area contributed by atoms with E-state index in [1.165, 1.54) is 11.3 Å². The molecule has 4 nitrogen and oxygen atoms in total. The van der Waals surface area contributed by atoms with Crippen LogP contribution in [0.4, 0.5) is 5.69 Å². The van der Waals surface area contributed by atoms with Crippen LogP contribution in [-0.2, 0) is 6.54 Å². The lowest BCUT2D eigenvalue weighted by Gasteiger charge is -2.36. The van der Waals surface area contributed by atoms with Crippen molar-refractivity contribution in [1.29, 1.82) is 0 Å². The van der Waals surface area contributed by atoms with Crippen molar-refractivity contribution in [2.75, 3.05) is 37.7 Å². The molecule has 0 unspecified atom stereocenters. The molecule has 0 radical (unpaired) electrons. The lowest BCUT2D eigenvalue weighted by Crippen LogP contribution is -2.46. The Labute approximate surface area is 142 Å². The van der Waals surface area contributed by atoms with E-state index in [4.69, 9.17) is 16.3 Å². The summed E-state index contributed by atoms with van der Waals surface area (Å²) >= 11 is 5.84. The summed E-state index contributed by atoms with van der Waals surface area (Å²) < 4.78 is 5.75. The van der Waals surface area contributed by atoms with Crippen molar-refractivity contribution in [3.05, 3.63) is 53.3 Å². The van der Waals surface area contributed by atoms with E-state index in [0.717, 1.165) is 38.5 Å². The first-order valence-electron chi connectivity index (χ1n) is 8.06. The SMILES string of the molecule is CCOc1ccccc1N1CCN(Cc2ccc(Cl)nc2)CC1. The Kier molecular flexibility index (Phi) is 5.36. The molecule has 23 heavy (non-hydrogen) atoms. The van der Waals surface area contributed by atoms with Gasteiger partial charge in [0.1, 0.15) is 10.9 Å². The summed E-state index contributed by atoms with van der Waals surface area (Å²) in [6.45, 7) is 7.71. The Bertz CT molecular complexity index is 624. The van der Waals surface area contributed by atoms with Crippen LogP contribution < -0.4 is 9.64 Å². The molecule has 2 heterocycles. The van der Waals surface area contributed by atoms with E-state index in [1.54, 1.807) is 0 Å². The molecule has 2 aromatic rings. The minimum absolute atomic E-state index is 0.547. The second-order valence-corrected chi connectivity index (χ2v) is 6.04. The largest absolute Gasteiger partial charge is 0.492 e. The number of rotatable bonds is 5. The van der Waals surface area contributed by atoms with Crippen molar-refractivity contribution in [2.24, 2.45) is 0 Å². The summed E-state index contributed by atoms with van der Waals surface area (Å²) in [5.41, 5.74) is 2.40. The first kappa shape index (κ1) is 16.1. The van der Waals surface area contributed by atoms with E-state index in [2.05, 4.69) is 26.9 Å². The molecule has 3 rings (SSSR count). The number of ether oxygens (including phenoxy) is 1. The molecule has 1 fully saturated rings. The standard InChI is InChI=1S/C18H22ClN3O/c1-2-23-17-6-4-3-5-16(17)22-11-9-21(10-12-22)14-15-7-8-18(19)20-13-15/h3-8,13H,2,9-12,14H2,1H3. The summed E-state index contributed by atoms with van der Waals surface area (Å²) in [6.07, 6.45) is 1.86. The topological polar surface area (TPSA) is 28.6 Å². The number of pyridine rings is 1. The van der Waals surface area contributed by atoms with Gasteiger partial charge in [0.25, 0.3) is 0 Å². The van der Waals surface area contributed by atoms with Gasteiger partial charge < -0.3 is 9.64 Å². The molecular weight excluding hydrogens is 310 g/mol. The van der Waals surface area contributed by atoms with Crippen molar-refractivity contribution in [1.82, 2.24) is 9.88 Å². The number of hydrogen-bond donors (Lipinski definition) is 0. The van der Waals surface area contributed by atoms with Gasteiger partial charge in [-0.25, -0.2) is 4.98 Å². The smallest absolute Gasteiger partial charge is 0.142 e. The van der Waals surface area contributed by atoms with E-state index in [-0.39, 0.29) is 0 Å². The molecule has 0 atom stereocenters. The Morgan fingerprint density at radius 3 is 2.57 bits per heavy atom. The van der Waals surface area contributed by atoms with Crippen molar-refractivity contribution in [2.45, 2.75) is 13.5 Å². The summed E-state index contributed by atoms with van der Waals surface area (Å²) in [4.78, 5) is 9.00. The fourth-order valence-corrected chi connectivity index (χ4v) is 3.01. The van der Waals surface area contributed by atoms with E-state index < -0.39 is 0 Å². The van der Waals surface area contributed by atoms with Crippen LogP contribution in [0.1, 0.15) is 12.5 Å². The van der Waals surface area contributed by atoms with Crippen LogP contribution in [0.25, 0.3) is 0 Å². The average molecular weight is 332 g/mol. The normalized spacial score (nSPS) is 15.7. The number of hydrogen-bond acceptors (Lipinski definition) is 4. The van der Waals surface area contributed by atoms with Crippen molar-refractivity contribution in [3.8, 4) is 5.75 Å². The fourth-order valence-electron chi connectivity index (χ4n) is 2.90. The molecule has 5 heteroatoms. The molecule has 0 saturated carbocycles. The molecule has 0 amide bonds. The van der Waals surface area contributed by atoms with E-state index in [0.29, 0.717) is 11.8 Å². The quantitative estimate of drug-likeness (QED) is 0.785. The molecule has 0 N–H and O–H groups in total. The van der Waals surface area contributed by atoms with Crippen LogP contribution in [0, 0.1) is 0 Å². The number of benzene rings is 1. The highest BCUT2D eigenvalue weighted by Gasteiger charge is 2.19. The summed E-state index contributed by atoms with van der Waals surface area (Å²) in [7, 11) is 0. The molecule has 1 aliphatic rings. The minimum Gasteiger partial charge on any atom is -0.492 e. The summed E-state index contributed by atoms with van der Waals surface area (Å²) in [5, 5.41) is 0.547. The highest BCUT2D eigenvalue weighted by molar-refractivity contribution is 6.29. The lowest BCUT2D eigenvalue weighted by molar-refractivity contribution is 0.248. The molecule has 1 aromatic heterocycles. The first-order valence-corrected chi connectivity index (χ1v) is 8.43. The predicted octanol–water partition coefficient (Wildman–Crippen LogP) is 3.46. The van der Waals surface area contributed by atoms with Gasteiger partial charge in [-0.15, -0.1) is 0 Å². The highest BCUT2D eigenvalue weighted by Crippen LogP contribution is 2.29. The van der Waals surface area contributed by atoms with Crippen LogP contribution >= 0.6 is 11.6 Å². The van der Waals surface area contributed by atoms with Gasteiger partial charge in [-0.1, -0.05) is 29.8 Å². The maximum Gasteiger partial charge on any atom is 0.142 e. The zero-order valence-electron chi connectivity index (χ0n) is 13.4. The molecular formula is C18H22ClN3O. The second-order valence-electron chi connectivity index (χ2n) is 5.65. The zero-order valence-corrected chi connectivity index (χ0v) is 14.2. The van der Waals surface area contributed by atoms with Gasteiger partial charge >= 0.3 is 0 Å². The monoisotopic (exact) mass is 331 g/mol. The predicted molar refractivity (Wildman–Crippen MR) is 94.3 cm³/mol. The Balaban J connectivity index is 1.59. The van der Waals surface area contributed by atoms with Crippen LogP contribution in [0.3, 0.4) is 0 Å². The van der Waals surface area contributed by atoms with E-state index in [1.807, 2.05) is 37.4 Å². The lowest BCUT2D eigenvalue weighted by atomic mass is 10.2. The molecule has 1 saturated heterocycles. The van der Waals surface area contributed by atoms with Crippen LogP contribution in [0.15, 0.2) is 42.6 Å². The second kappa shape index (κ2) is 7.66. The van der Waals surface area contributed by atoms with Crippen LogP contribution in [-0.4, -0.2) is 42.7 Å². The fraction of sp³-hybridized carbons (Fsp3) is 0.389. The van der Waals surface area contributed by atoms with Gasteiger partial charge in [0, 0.05) is 38.9 Å². The first-order chi connectivity index (χ1) is 11.3. The van der Waals surface area contributed by atoms with Gasteiger partial charge in [-0.05, 0) is 30.7 Å². The van der Waals surface area contributed by atoms with Crippen molar-refractivity contribution >= 4 is 17.3 Å².